The zero-order chi connectivity index (χ0) is 18.3. The van der Waals surface area contributed by atoms with E-state index in [1.165, 1.54) is 31.4 Å². The molecule has 0 aliphatic rings. The highest BCUT2D eigenvalue weighted by molar-refractivity contribution is 7.89. The Balaban J connectivity index is 1.78. The fourth-order valence-corrected chi connectivity index (χ4v) is 3.06. The largest absolute Gasteiger partial charge is 0.494 e. The summed E-state index contributed by atoms with van der Waals surface area (Å²) < 4.78 is 49.6. The second-order valence-corrected chi connectivity index (χ2v) is 6.86. The van der Waals surface area contributed by atoms with Crippen LogP contribution in [0.5, 0.6) is 5.75 Å². The molecule has 0 radical (unpaired) electrons. The third-order valence-electron chi connectivity index (χ3n) is 3.29. The molecule has 25 heavy (non-hydrogen) atoms. The molecule has 0 saturated carbocycles. The molecule has 0 heterocycles. The van der Waals surface area contributed by atoms with Crippen LogP contribution in [-0.4, -0.2) is 28.0 Å². The molecule has 8 heteroatoms. The fraction of sp³-hybridized carbons (Fsp3) is 0.235. The molecule has 2 aromatic carbocycles. The molecular formula is C17H18FNO5S. The molecular weight excluding hydrogens is 349 g/mol. The van der Waals surface area contributed by atoms with Crippen LogP contribution >= 0.6 is 0 Å². The number of hydrogen-bond donors (Lipinski definition) is 1. The number of rotatable bonds is 8. The van der Waals surface area contributed by atoms with Gasteiger partial charge in [0.15, 0.2) is 11.6 Å². The predicted octanol–water partition coefficient (Wildman–Crippen LogP) is 2.25. The number of carbonyl (C=O) groups is 1. The number of nitrogens with one attached hydrogen (secondary N) is 1. The van der Waals surface area contributed by atoms with Crippen LogP contribution < -0.4 is 9.46 Å². The van der Waals surface area contributed by atoms with Gasteiger partial charge < -0.3 is 9.47 Å². The van der Waals surface area contributed by atoms with E-state index in [-0.39, 0.29) is 30.2 Å². The van der Waals surface area contributed by atoms with Crippen molar-refractivity contribution in [3.05, 3.63) is 59.9 Å². The lowest BCUT2D eigenvalue weighted by Gasteiger charge is -2.08. The van der Waals surface area contributed by atoms with Crippen LogP contribution in [-0.2, 0) is 26.2 Å². The third kappa shape index (κ3) is 5.54. The van der Waals surface area contributed by atoms with Crippen molar-refractivity contribution >= 4 is 16.0 Å². The number of methoxy groups -OCH3 is 1. The molecule has 6 nitrogen and oxygen atoms in total. The fourth-order valence-electron chi connectivity index (χ4n) is 2.01. The number of sulfonamides is 1. The Bertz CT molecular complexity index is 824. The summed E-state index contributed by atoms with van der Waals surface area (Å²) in [5.41, 5.74) is 0.469. The number of carbonyl (C=O) groups excluding carboxylic acids is 1. The maximum atomic E-state index is 13.5. The SMILES string of the molecule is COc1ccc(COC(=O)CCNS(=O)(=O)c2ccccc2)cc1F. The minimum absolute atomic E-state index is 0.0902. The van der Waals surface area contributed by atoms with Crippen molar-refractivity contribution in [3.8, 4) is 5.75 Å². The Kier molecular flexibility index (Phi) is 6.49. The first-order valence-corrected chi connectivity index (χ1v) is 8.93. The first-order valence-electron chi connectivity index (χ1n) is 7.45. The van der Waals surface area contributed by atoms with E-state index in [2.05, 4.69) is 4.72 Å². The molecule has 1 N–H and O–H groups in total. The van der Waals surface area contributed by atoms with Crippen molar-refractivity contribution in [1.82, 2.24) is 4.72 Å². The van der Waals surface area contributed by atoms with Crippen molar-refractivity contribution in [1.29, 1.82) is 0 Å². The molecule has 0 spiro atoms. The van der Waals surface area contributed by atoms with Crippen LogP contribution in [0.25, 0.3) is 0 Å². The number of benzene rings is 2. The van der Waals surface area contributed by atoms with Crippen LogP contribution in [0, 0.1) is 5.82 Å². The second kappa shape index (κ2) is 8.59. The number of ether oxygens (including phenoxy) is 2. The van der Waals surface area contributed by atoms with Gasteiger partial charge >= 0.3 is 5.97 Å². The summed E-state index contributed by atoms with van der Waals surface area (Å²) in [4.78, 5) is 11.8. The Hall–Kier alpha value is -2.45. The number of halogens is 1. The second-order valence-electron chi connectivity index (χ2n) is 5.09. The minimum Gasteiger partial charge on any atom is -0.494 e. The molecule has 0 fully saturated rings. The predicted molar refractivity (Wildman–Crippen MR) is 89.0 cm³/mol. The molecule has 0 unspecified atom stereocenters. The van der Waals surface area contributed by atoms with Crippen molar-refractivity contribution < 1.29 is 27.1 Å². The molecule has 0 amide bonds. The van der Waals surface area contributed by atoms with Crippen LogP contribution in [0.3, 0.4) is 0 Å². The first-order chi connectivity index (χ1) is 11.9. The summed E-state index contributed by atoms with van der Waals surface area (Å²) in [7, 11) is -2.30. The maximum Gasteiger partial charge on any atom is 0.307 e. The zero-order valence-corrected chi connectivity index (χ0v) is 14.4. The lowest BCUT2D eigenvalue weighted by molar-refractivity contribution is -0.144. The van der Waals surface area contributed by atoms with Crippen LogP contribution in [0.2, 0.25) is 0 Å². The Morgan fingerprint density at radius 3 is 2.52 bits per heavy atom. The van der Waals surface area contributed by atoms with E-state index in [0.717, 1.165) is 0 Å². The van der Waals surface area contributed by atoms with E-state index in [4.69, 9.17) is 9.47 Å². The van der Waals surface area contributed by atoms with Crippen LogP contribution in [0.1, 0.15) is 12.0 Å². The summed E-state index contributed by atoms with van der Waals surface area (Å²) in [5.74, 6) is -1.04. The van der Waals surface area contributed by atoms with Crippen molar-refractivity contribution in [3.63, 3.8) is 0 Å². The highest BCUT2D eigenvalue weighted by Gasteiger charge is 2.14. The van der Waals surface area contributed by atoms with E-state index < -0.39 is 21.8 Å². The highest BCUT2D eigenvalue weighted by Crippen LogP contribution is 2.18. The first kappa shape index (κ1) is 18.9. The molecule has 0 atom stereocenters. The Labute approximate surface area is 145 Å². The van der Waals surface area contributed by atoms with Gasteiger partial charge in [0.1, 0.15) is 6.61 Å². The monoisotopic (exact) mass is 367 g/mol. The van der Waals surface area contributed by atoms with Gasteiger partial charge in [-0.3, -0.25) is 4.79 Å². The molecule has 2 aromatic rings. The third-order valence-corrected chi connectivity index (χ3v) is 4.77. The maximum absolute atomic E-state index is 13.5. The average molecular weight is 367 g/mol. The van der Waals surface area contributed by atoms with Gasteiger partial charge in [-0.2, -0.15) is 0 Å². The van der Waals surface area contributed by atoms with Crippen LogP contribution in [0.4, 0.5) is 4.39 Å². The summed E-state index contributed by atoms with van der Waals surface area (Å²) in [6, 6.07) is 12.1. The van der Waals surface area contributed by atoms with Gasteiger partial charge in [-0.1, -0.05) is 24.3 Å². The molecule has 2 rings (SSSR count). The van der Waals surface area contributed by atoms with Gasteiger partial charge in [0, 0.05) is 6.54 Å². The summed E-state index contributed by atoms with van der Waals surface area (Å²) in [5, 5.41) is 0. The van der Waals surface area contributed by atoms with E-state index in [1.807, 2.05) is 0 Å². The minimum atomic E-state index is -3.66. The molecule has 0 aliphatic heterocycles. The highest BCUT2D eigenvalue weighted by atomic mass is 32.2. The number of hydrogen-bond acceptors (Lipinski definition) is 5. The van der Waals surface area contributed by atoms with Crippen molar-refractivity contribution in [2.45, 2.75) is 17.9 Å². The lowest BCUT2D eigenvalue weighted by atomic mass is 10.2. The topological polar surface area (TPSA) is 81.7 Å². The van der Waals surface area contributed by atoms with Gasteiger partial charge in [0.05, 0.1) is 18.4 Å². The van der Waals surface area contributed by atoms with Gasteiger partial charge in [0.25, 0.3) is 0 Å². The van der Waals surface area contributed by atoms with Gasteiger partial charge in [-0.15, -0.1) is 0 Å². The van der Waals surface area contributed by atoms with Gasteiger partial charge in [-0.25, -0.2) is 17.5 Å². The summed E-state index contributed by atoms with van der Waals surface area (Å²) in [6.45, 7) is -0.196. The van der Waals surface area contributed by atoms with Gasteiger partial charge in [0.2, 0.25) is 10.0 Å². The lowest BCUT2D eigenvalue weighted by Crippen LogP contribution is -2.26. The molecule has 0 saturated heterocycles. The van der Waals surface area contributed by atoms with Gasteiger partial charge in [-0.05, 0) is 29.8 Å². The zero-order valence-electron chi connectivity index (χ0n) is 13.6. The van der Waals surface area contributed by atoms with E-state index in [0.29, 0.717) is 5.56 Å². The standard InChI is InChI=1S/C17H18FNO5S/c1-23-16-8-7-13(11-15(16)18)12-24-17(20)9-10-19-25(21,22)14-5-3-2-4-6-14/h2-8,11,19H,9-10,12H2,1H3. The number of esters is 1. The van der Waals surface area contributed by atoms with E-state index in [1.54, 1.807) is 24.3 Å². The summed E-state index contributed by atoms with van der Waals surface area (Å²) >= 11 is 0. The quantitative estimate of drug-likeness (QED) is 0.724. The molecule has 0 aliphatic carbocycles. The average Bonchev–Trinajstić information content (AvgIpc) is 2.60. The molecule has 0 aromatic heterocycles. The molecule has 134 valence electrons. The normalized spacial score (nSPS) is 11.1. The Morgan fingerprint density at radius 2 is 1.88 bits per heavy atom. The van der Waals surface area contributed by atoms with Crippen molar-refractivity contribution in [2.75, 3.05) is 13.7 Å². The molecule has 0 bridgehead atoms. The van der Waals surface area contributed by atoms with E-state index in [9.17, 15) is 17.6 Å². The van der Waals surface area contributed by atoms with E-state index >= 15 is 0 Å². The summed E-state index contributed by atoms with van der Waals surface area (Å²) in [6.07, 6.45) is -0.134. The van der Waals surface area contributed by atoms with Crippen LogP contribution in [0.15, 0.2) is 53.4 Å². The Morgan fingerprint density at radius 1 is 1.16 bits per heavy atom. The van der Waals surface area contributed by atoms with Crippen molar-refractivity contribution in [2.24, 2.45) is 0 Å². The smallest absolute Gasteiger partial charge is 0.307 e.